The molecule has 0 radical (unpaired) electrons. The molecule has 4 aliphatic heterocycles. The highest BCUT2D eigenvalue weighted by molar-refractivity contribution is 5.75. The van der Waals surface area contributed by atoms with E-state index in [2.05, 4.69) is 90.4 Å². The number of ether oxygens (including phenoxy) is 6. The molecule has 4 bridgehead atoms. The number of rotatable bonds is 25. The Labute approximate surface area is 476 Å². The number of amides is 6. The third-order valence-corrected chi connectivity index (χ3v) is 17.5. The van der Waals surface area contributed by atoms with Gasteiger partial charge in [0.15, 0.2) is 12.6 Å². The molecular weight excluding hydrogens is 1020 g/mol. The van der Waals surface area contributed by atoms with E-state index < -0.39 is 36.5 Å². The maximum Gasteiger partial charge on any atom is 0.407 e. The fourth-order valence-corrected chi connectivity index (χ4v) is 12.7. The second-order valence-electron chi connectivity index (χ2n) is 27.2. The summed E-state index contributed by atoms with van der Waals surface area (Å²) in [7, 11) is 1.80. The van der Waals surface area contributed by atoms with Crippen LogP contribution in [0.3, 0.4) is 0 Å². The number of aliphatic hydroxyl groups excluding tert-OH is 2. The van der Waals surface area contributed by atoms with E-state index in [1.165, 1.54) is 0 Å². The summed E-state index contributed by atoms with van der Waals surface area (Å²) in [6, 6.07) is 15.8. The first-order valence-corrected chi connectivity index (χ1v) is 29.9. The van der Waals surface area contributed by atoms with Gasteiger partial charge < -0.3 is 69.3 Å². The predicted octanol–water partition coefficient (Wildman–Crippen LogP) is 7.86. The molecule has 8 rings (SSSR count). The Balaban J connectivity index is 0.947. The molecule has 2 aromatic carbocycles. The fraction of sp³-hybridized carbons (Fsp3) is 0.742. The third-order valence-electron chi connectivity index (χ3n) is 17.5. The molecule has 0 aromatic heterocycles. The second-order valence-corrected chi connectivity index (χ2v) is 27.2. The summed E-state index contributed by atoms with van der Waals surface area (Å²) in [6.07, 6.45) is 0.467. The smallest absolute Gasteiger partial charge is 0.407 e. The molecule has 15 atom stereocenters. The highest BCUT2D eigenvalue weighted by atomic mass is 16.7. The number of nitrogens with one attached hydrogen (secondary N) is 3. The van der Waals surface area contributed by atoms with Crippen LogP contribution in [0.25, 0.3) is 0 Å². The minimum absolute atomic E-state index is 0.000639. The van der Waals surface area contributed by atoms with Gasteiger partial charge in [0.1, 0.15) is 12.2 Å². The van der Waals surface area contributed by atoms with Crippen LogP contribution < -0.4 is 16.0 Å². The van der Waals surface area contributed by atoms with Crippen LogP contribution in [0, 0.1) is 58.2 Å². The molecule has 18 nitrogen and oxygen atoms in total. The molecule has 0 spiro atoms. The number of urea groups is 2. The van der Waals surface area contributed by atoms with E-state index in [0.29, 0.717) is 77.8 Å². The Kier molecular flexibility index (Phi) is 20.8. The Hall–Kier alpha value is -4.72. The molecule has 6 fully saturated rings. The number of aliphatic hydroxyl groups is 2. The van der Waals surface area contributed by atoms with Crippen LogP contribution in [0.1, 0.15) is 111 Å². The number of carbonyl (C=O) groups is 4. The Morgan fingerprint density at radius 2 is 1.12 bits per heavy atom. The molecule has 2 aliphatic carbocycles. The molecule has 2 saturated carbocycles. The average molecular weight is 1120 g/mol. The standard InChI is InChI=1S/C62H96N6O12/c1-38(2)19-22-67(57(71)63-37-62(7,8)9)31-51(69)50(65-59(73)80-54-44-30-46-48(54)36-78-56(46)76-34-44)28-42-18-14-17-41(26-42)25-39(3)20-23-68(60(74)66(10)24-21-61(4,5)6)32-52(70)49(27-40-15-12-11-13-16-40)64-58(72)79-53-43-29-45-47(53)35-77-55(45)75-33-43/h11-18,26,38-39,43-56,69-70H,19-25,27-37H2,1-10H3,(H,63,71)(H,64,72)(H,65,73)/t39?,43?,44?,45?,46?,47?,48?,49-,50-,51+,52+,53?,54?,55?,56?/m0/s1. The van der Waals surface area contributed by atoms with Crippen molar-refractivity contribution in [3.63, 3.8) is 0 Å². The SMILES string of the molecule is CC(C)CCN(C[C@@H](O)[C@H](Cc1cccc(CC(C)CCN(C[C@@H](O)[C@H](Cc2ccccc2)NC(=O)OC2C3COC4OCC2C4C3)C(=O)N(C)CCC(C)(C)C)c1)NC(=O)OC1C2COC3OCC1C3C2)C(=O)NCC(C)(C)C. The minimum atomic E-state index is -1.14. The third kappa shape index (κ3) is 16.7. The van der Waals surface area contributed by atoms with Crippen molar-refractivity contribution < 1.29 is 57.8 Å². The van der Waals surface area contributed by atoms with E-state index >= 15 is 0 Å². The van der Waals surface area contributed by atoms with Crippen LogP contribution >= 0.6 is 0 Å². The van der Waals surface area contributed by atoms with E-state index in [1.807, 2.05) is 42.5 Å². The van der Waals surface area contributed by atoms with E-state index in [4.69, 9.17) is 28.4 Å². The van der Waals surface area contributed by atoms with E-state index in [1.54, 1.807) is 21.7 Å². The van der Waals surface area contributed by atoms with Gasteiger partial charge >= 0.3 is 24.2 Å². The first-order valence-electron chi connectivity index (χ1n) is 29.9. The average Bonchev–Trinajstić information content (AvgIpc) is 4.27. The first kappa shape index (κ1) is 61.4. The number of hydrogen-bond acceptors (Lipinski definition) is 12. The molecule has 5 N–H and O–H groups in total. The molecule has 4 heterocycles. The lowest BCUT2D eigenvalue weighted by molar-refractivity contribution is -0.169. The zero-order valence-electron chi connectivity index (χ0n) is 49.5. The van der Waals surface area contributed by atoms with Gasteiger partial charge in [0.05, 0.1) is 63.8 Å². The number of hydrogen-bond donors (Lipinski definition) is 5. The predicted molar refractivity (Wildman–Crippen MR) is 303 cm³/mol. The van der Waals surface area contributed by atoms with Crippen LogP contribution in [0.2, 0.25) is 0 Å². The van der Waals surface area contributed by atoms with Crippen molar-refractivity contribution in [3.8, 4) is 0 Å². The van der Waals surface area contributed by atoms with Crippen LogP contribution in [-0.4, -0.2) is 171 Å². The van der Waals surface area contributed by atoms with E-state index in [9.17, 15) is 29.4 Å². The number of nitrogens with zero attached hydrogens (tertiary/aromatic N) is 3. The maximum absolute atomic E-state index is 14.5. The molecule has 18 heteroatoms. The van der Waals surface area contributed by atoms with Crippen molar-refractivity contribution in [2.45, 2.75) is 163 Å². The normalized spacial score (nSPS) is 27.4. The van der Waals surface area contributed by atoms with Crippen molar-refractivity contribution >= 4 is 24.2 Å². The summed E-state index contributed by atoms with van der Waals surface area (Å²) in [5.74, 6) is 1.10. The monoisotopic (exact) mass is 1120 g/mol. The largest absolute Gasteiger partial charge is 0.445 e. The van der Waals surface area contributed by atoms with Crippen LogP contribution in [-0.2, 0) is 47.7 Å². The van der Waals surface area contributed by atoms with Crippen molar-refractivity contribution in [2.24, 2.45) is 58.2 Å². The second kappa shape index (κ2) is 27.1. The van der Waals surface area contributed by atoms with Gasteiger partial charge in [-0.05, 0) is 90.7 Å². The molecule has 80 heavy (non-hydrogen) atoms. The maximum atomic E-state index is 14.5. The van der Waals surface area contributed by atoms with Gasteiger partial charge in [0, 0.05) is 68.7 Å². The van der Waals surface area contributed by atoms with Crippen LogP contribution in [0.5, 0.6) is 0 Å². The number of benzene rings is 2. The first-order chi connectivity index (χ1) is 38.0. The van der Waals surface area contributed by atoms with Crippen molar-refractivity contribution in [2.75, 3.05) is 72.7 Å². The highest BCUT2D eigenvalue weighted by Crippen LogP contribution is 2.50. The van der Waals surface area contributed by atoms with Gasteiger partial charge in [0.25, 0.3) is 0 Å². The van der Waals surface area contributed by atoms with Gasteiger partial charge in [0.2, 0.25) is 0 Å². The summed E-state index contributed by atoms with van der Waals surface area (Å²) < 4.78 is 35.9. The minimum Gasteiger partial charge on any atom is -0.445 e. The zero-order chi connectivity index (χ0) is 57.5. The summed E-state index contributed by atoms with van der Waals surface area (Å²) in [4.78, 5) is 61.1. The summed E-state index contributed by atoms with van der Waals surface area (Å²) in [5, 5.41) is 33.5. The molecule has 6 aliphatic rings. The Morgan fingerprint density at radius 1 is 0.625 bits per heavy atom. The van der Waals surface area contributed by atoms with Crippen molar-refractivity contribution in [1.82, 2.24) is 30.7 Å². The lowest BCUT2D eigenvalue weighted by Crippen LogP contribution is -2.53. The number of alkyl carbamates (subject to hydrolysis) is 2. The topological polar surface area (TPSA) is 210 Å². The summed E-state index contributed by atoms with van der Waals surface area (Å²) in [6.45, 7) is 22.6. The summed E-state index contributed by atoms with van der Waals surface area (Å²) in [5.41, 5.74) is 2.71. The lowest BCUT2D eigenvalue weighted by atomic mass is 9.92. The van der Waals surface area contributed by atoms with E-state index in [-0.39, 0.29) is 109 Å². The molecule has 446 valence electrons. The number of fused-ring (bicyclic) bond motifs is 2. The van der Waals surface area contributed by atoms with Crippen molar-refractivity contribution in [1.29, 1.82) is 0 Å². The van der Waals surface area contributed by atoms with Gasteiger partial charge in [-0.2, -0.15) is 0 Å². The van der Waals surface area contributed by atoms with Gasteiger partial charge in [-0.3, -0.25) is 0 Å². The fourth-order valence-electron chi connectivity index (χ4n) is 12.7. The van der Waals surface area contributed by atoms with Crippen LogP contribution in [0.4, 0.5) is 19.2 Å². The number of carbonyl (C=O) groups excluding carboxylic acids is 4. The Bertz CT molecular complexity index is 2350. The molecular formula is C62H96N6O12. The van der Waals surface area contributed by atoms with Gasteiger partial charge in [-0.15, -0.1) is 0 Å². The molecule has 6 amide bonds. The summed E-state index contributed by atoms with van der Waals surface area (Å²) >= 11 is 0. The molecule has 11 unspecified atom stereocenters. The van der Waals surface area contributed by atoms with Gasteiger partial charge in [-0.25, -0.2) is 19.2 Å². The van der Waals surface area contributed by atoms with Gasteiger partial charge in [-0.1, -0.05) is 117 Å². The van der Waals surface area contributed by atoms with E-state index in [0.717, 1.165) is 42.4 Å². The van der Waals surface area contributed by atoms with Crippen molar-refractivity contribution in [3.05, 3.63) is 71.3 Å². The molecule has 2 aromatic rings. The van der Waals surface area contributed by atoms with Crippen LogP contribution in [0.15, 0.2) is 54.6 Å². The lowest BCUT2D eigenvalue weighted by Gasteiger charge is -2.34. The highest BCUT2D eigenvalue weighted by Gasteiger charge is 2.58. The quantitative estimate of drug-likeness (QED) is 0.0644. The Morgan fingerprint density at radius 3 is 1.66 bits per heavy atom. The zero-order valence-corrected chi connectivity index (χ0v) is 49.5. The molecule has 4 saturated heterocycles.